The summed E-state index contributed by atoms with van der Waals surface area (Å²) in [6, 6.07) is 26.8. The maximum absolute atomic E-state index is 13.2. The van der Waals surface area contributed by atoms with Crippen LogP contribution >= 0.6 is 11.8 Å². The number of benzene rings is 4. The third kappa shape index (κ3) is 5.72. The first-order chi connectivity index (χ1) is 19.5. The van der Waals surface area contributed by atoms with Crippen LogP contribution in [-0.4, -0.2) is 42.7 Å². The Labute approximate surface area is 237 Å². The zero-order chi connectivity index (χ0) is 28.1. The molecule has 1 aliphatic heterocycles. The minimum atomic E-state index is -0.441. The van der Waals surface area contributed by atoms with Crippen LogP contribution in [0, 0.1) is 0 Å². The Kier molecular flexibility index (Phi) is 8.17. The molecule has 202 valence electrons. The lowest BCUT2D eigenvalue weighted by molar-refractivity contribution is -0.122. The van der Waals surface area contributed by atoms with Crippen molar-refractivity contribution in [1.82, 2.24) is 4.90 Å². The molecule has 7 nitrogen and oxygen atoms in total. The van der Waals surface area contributed by atoms with E-state index in [1.54, 1.807) is 36.3 Å². The summed E-state index contributed by atoms with van der Waals surface area (Å²) in [4.78, 5) is 31.9. The van der Waals surface area contributed by atoms with Gasteiger partial charge >= 0.3 is 5.97 Å². The van der Waals surface area contributed by atoms with Gasteiger partial charge in [0.05, 0.1) is 30.4 Å². The Morgan fingerprint density at radius 1 is 0.950 bits per heavy atom. The summed E-state index contributed by atoms with van der Waals surface area (Å²) in [5, 5.41) is 2.86. The first-order valence-electron chi connectivity index (χ1n) is 12.8. The van der Waals surface area contributed by atoms with Gasteiger partial charge in [0.2, 0.25) is 0 Å². The number of methoxy groups -OCH3 is 2. The van der Waals surface area contributed by atoms with Crippen LogP contribution in [0.25, 0.3) is 16.8 Å². The normalized spacial score (nSPS) is 15.2. The molecule has 1 heterocycles. The fraction of sp³-hybridized carbons (Fsp3) is 0.156. The maximum atomic E-state index is 13.2. The van der Waals surface area contributed by atoms with Gasteiger partial charge in [0.15, 0.2) is 16.7 Å². The second-order valence-corrected chi connectivity index (χ2v) is 9.94. The predicted molar refractivity (Wildman–Crippen MR) is 159 cm³/mol. The van der Waals surface area contributed by atoms with Crippen molar-refractivity contribution in [3.63, 3.8) is 0 Å². The molecule has 5 rings (SSSR count). The molecule has 0 aliphatic carbocycles. The van der Waals surface area contributed by atoms with E-state index in [2.05, 4.69) is 29.3 Å². The van der Waals surface area contributed by atoms with Crippen LogP contribution in [0.5, 0.6) is 11.5 Å². The SMILES string of the molecule is CCN1C(=O)C(=Cc2ccc(OCc3cccc4ccccc34)c(OC)c2)SC1=Nc1cccc(C(=O)OC)c1. The van der Waals surface area contributed by atoms with E-state index in [1.165, 1.54) is 18.9 Å². The van der Waals surface area contributed by atoms with Crippen molar-refractivity contribution in [3.05, 3.63) is 107 Å². The number of hydrogen-bond acceptors (Lipinski definition) is 7. The summed E-state index contributed by atoms with van der Waals surface area (Å²) in [6.07, 6.45) is 1.82. The minimum absolute atomic E-state index is 0.134. The number of esters is 1. The number of rotatable bonds is 8. The first-order valence-corrected chi connectivity index (χ1v) is 13.6. The molecular formula is C32H28N2O5S. The number of nitrogens with zero attached hydrogens (tertiary/aromatic N) is 2. The van der Waals surface area contributed by atoms with Crippen LogP contribution in [0.2, 0.25) is 0 Å². The third-order valence-corrected chi connectivity index (χ3v) is 7.45. The number of thioether (sulfide) groups is 1. The largest absolute Gasteiger partial charge is 0.493 e. The number of carbonyl (C=O) groups excluding carboxylic acids is 2. The average Bonchev–Trinajstić information content (AvgIpc) is 3.28. The number of amides is 1. The van der Waals surface area contributed by atoms with E-state index >= 15 is 0 Å². The molecule has 1 aliphatic rings. The van der Waals surface area contributed by atoms with E-state index in [0.717, 1.165) is 21.9 Å². The van der Waals surface area contributed by atoms with E-state index in [0.29, 0.717) is 46.0 Å². The Bertz CT molecular complexity index is 1640. The molecule has 1 fully saturated rings. The number of aliphatic imine (C=N–C) groups is 1. The van der Waals surface area contributed by atoms with Crippen LogP contribution in [0.3, 0.4) is 0 Å². The lowest BCUT2D eigenvalue weighted by Crippen LogP contribution is -2.28. The van der Waals surface area contributed by atoms with Gasteiger partial charge in [-0.15, -0.1) is 0 Å². The second-order valence-electron chi connectivity index (χ2n) is 8.93. The molecule has 40 heavy (non-hydrogen) atoms. The molecule has 0 unspecified atom stereocenters. The highest BCUT2D eigenvalue weighted by Gasteiger charge is 2.32. The van der Waals surface area contributed by atoms with Crippen molar-refractivity contribution >= 4 is 51.3 Å². The van der Waals surface area contributed by atoms with Crippen molar-refractivity contribution in [3.8, 4) is 11.5 Å². The average molecular weight is 553 g/mol. The van der Waals surface area contributed by atoms with Crippen LogP contribution in [0.15, 0.2) is 94.8 Å². The van der Waals surface area contributed by atoms with Crippen molar-refractivity contribution in [2.75, 3.05) is 20.8 Å². The van der Waals surface area contributed by atoms with E-state index in [-0.39, 0.29) is 5.91 Å². The van der Waals surface area contributed by atoms with Crippen molar-refractivity contribution in [2.24, 2.45) is 4.99 Å². The standard InChI is InChI=1S/C32H28N2O5S/c1-4-34-30(35)29(40-32(34)33-25-13-8-11-23(19-25)31(36)38-3)18-21-15-16-27(28(17-21)37-2)39-20-24-12-7-10-22-9-5-6-14-26(22)24/h5-19H,4,20H2,1-3H3. The van der Waals surface area contributed by atoms with E-state index < -0.39 is 5.97 Å². The van der Waals surface area contributed by atoms with Crippen LogP contribution < -0.4 is 9.47 Å². The number of carbonyl (C=O) groups is 2. The van der Waals surface area contributed by atoms with Gasteiger partial charge in [0.25, 0.3) is 5.91 Å². The van der Waals surface area contributed by atoms with Gasteiger partial charge in [0, 0.05) is 6.54 Å². The summed E-state index contributed by atoms with van der Waals surface area (Å²) in [5.41, 5.74) is 2.85. The van der Waals surface area contributed by atoms with Gasteiger partial charge in [-0.05, 0) is 77.0 Å². The minimum Gasteiger partial charge on any atom is -0.493 e. The molecule has 4 aromatic carbocycles. The number of amidine groups is 1. The Balaban J connectivity index is 1.36. The highest BCUT2D eigenvalue weighted by Crippen LogP contribution is 2.36. The van der Waals surface area contributed by atoms with Crippen LogP contribution in [0.1, 0.15) is 28.4 Å². The fourth-order valence-corrected chi connectivity index (χ4v) is 5.48. The lowest BCUT2D eigenvalue weighted by Gasteiger charge is -2.13. The zero-order valence-corrected chi connectivity index (χ0v) is 23.2. The van der Waals surface area contributed by atoms with Gasteiger partial charge in [0.1, 0.15) is 6.61 Å². The molecule has 0 saturated carbocycles. The molecule has 1 amide bonds. The van der Waals surface area contributed by atoms with Crippen LogP contribution in [-0.2, 0) is 16.1 Å². The number of fused-ring (bicyclic) bond motifs is 1. The molecule has 0 bridgehead atoms. The van der Waals surface area contributed by atoms with E-state index in [4.69, 9.17) is 14.2 Å². The third-order valence-electron chi connectivity index (χ3n) is 6.44. The van der Waals surface area contributed by atoms with Gasteiger partial charge in [-0.1, -0.05) is 54.6 Å². The van der Waals surface area contributed by atoms with Crippen molar-refractivity contribution in [2.45, 2.75) is 13.5 Å². The van der Waals surface area contributed by atoms with Crippen LogP contribution in [0.4, 0.5) is 5.69 Å². The monoisotopic (exact) mass is 552 g/mol. The van der Waals surface area contributed by atoms with Gasteiger partial charge in [-0.25, -0.2) is 9.79 Å². The molecule has 8 heteroatoms. The summed E-state index contributed by atoms with van der Waals surface area (Å²) < 4.78 is 16.6. The summed E-state index contributed by atoms with van der Waals surface area (Å²) in [6.45, 7) is 2.75. The molecule has 0 atom stereocenters. The van der Waals surface area contributed by atoms with E-state index in [9.17, 15) is 9.59 Å². The fourth-order valence-electron chi connectivity index (χ4n) is 4.42. The molecule has 0 spiro atoms. The molecule has 0 radical (unpaired) electrons. The highest BCUT2D eigenvalue weighted by molar-refractivity contribution is 8.18. The zero-order valence-electron chi connectivity index (χ0n) is 22.4. The number of likely N-dealkylation sites (N-methyl/N-ethyl adjacent to an activating group) is 1. The van der Waals surface area contributed by atoms with E-state index in [1.807, 2.05) is 49.4 Å². The van der Waals surface area contributed by atoms with Crippen molar-refractivity contribution < 1.29 is 23.8 Å². The Morgan fingerprint density at radius 2 is 1.75 bits per heavy atom. The molecule has 1 saturated heterocycles. The van der Waals surface area contributed by atoms with Gasteiger partial charge in [-0.2, -0.15) is 0 Å². The number of ether oxygens (including phenoxy) is 3. The smallest absolute Gasteiger partial charge is 0.337 e. The summed E-state index contributed by atoms with van der Waals surface area (Å²) in [7, 11) is 2.93. The van der Waals surface area contributed by atoms with Gasteiger partial charge in [-0.3, -0.25) is 9.69 Å². The predicted octanol–water partition coefficient (Wildman–Crippen LogP) is 6.84. The van der Waals surface area contributed by atoms with Gasteiger partial charge < -0.3 is 14.2 Å². The van der Waals surface area contributed by atoms with Crippen molar-refractivity contribution in [1.29, 1.82) is 0 Å². The first kappa shape index (κ1) is 27.0. The Hall–Kier alpha value is -4.56. The number of hydrogen-bond donors (Lipinski definition) is 0. The topological polar surface area (TPSA) is 77.4 Å². The Morgan fingerprint density at radius 3 is 2.55 bits per heavy atom. The summed E-state index contributed by atoms with van der Waals surface area (Å²) >= 11 is 1.29. The maximum Gasteiger partial charge on any atom is 0.337 e. The highest BCUT2D eigenvalue weighted by atomic mass is 32.2. The molecule has 0 N–H and O–H groups in total. The lowest BCUT2D eigenvalue weighted by atomic mass is 10.1. The molecule has 0 aromatic heterocycles. The quantitative estimate of drug-likeness (QED) is 0.176. The molecule has 4 aromatic rings. The second kappa shape index (κ2) is 12.1. The summed E-state index contributed by atoms with van der Waals surface area (Å²) in [5.74, 6) is 0.617. The molecular weight excluding hydrogens is 524 g/mol.